The number of amides is 2. The topological polar surface area (TPSA) is 76.7 Å². The van der Waals surface area contributed by atoms with E-state index in [1.807, 2.05) is 0 Å². The van der Waals surface area contributed by atoms with Gasteiger partial charge in [0.25, 0.3) is 0 Å². The van der Waals surface area contributed by atoms with E-state index < -0.39 is 22.1 Å². The molecule has 0 spiro atoms. The highest BCUT2D eigenvalue weighted by atomic mass is 35.6. The summed E-state index contributed by atoms with van der Waals surface area (Å²) in [7, 11) is 0. The second kappa shape index (κ2) is 7.68. The Hall–Kier alpha value is -0.590. The van der Waals surface area contributed by atoms with Gasteiger partial charge in [-0.3, -0.25) is 10.6 Å². The lowest BCUT2D eigenvalue weighted by atomic mass is 10.5. The smallest absolute Gasteiger partial charge is 0.408 e. The van der Waals surface area contributed by atoms with Gasteiger partial charge in [-0.15, -0.1) is 0 Å². The molecule has 9 heteroatoms. The zero-order valence-electron chi connectivity index (χ0n) is 9.26. The SMILES string of the molecule is CCOC(=O)NC(NC(=O)OCC)C(Cl)(Cl)Cl. The van der Waals surface area contributed by atoms with Crippen LogP contribution in [0.1, 0.15) is 13.8 Å². The molecule has 0 aromatic heterocycles. The Morgan fingerprint density at radius 2 is 1.41 bits per heavy atom. The highest BCUT2D eigenvalue weighted by Gasteiger charge is 2.36. The Kier molecular flexibility index (Phi) is 7.41. The molecule has 0 aromatic carbocycles. The second-order valence-electron chi connectivity index (χ2n) is 2.70. The molecule has 0 aromatic rings. The van der Waals surface area contributed by atoms with Crippen LogP contribution >= 0.6 is 34.8 Å². The molecule has 0 atom stereocenters. The molecule has 0 fully saturated rings. The van der Waals surface area contributed by atoms with Crippen LogP contribution in [0.3, 0.4) is 0 Å². The number of alkyl carbamates (subject to hydrolysis) is 2. The van der Waals surface area contributed by atoms with Crippen molar-refractivity contribution in [2.75, 3.05) is 13.2 Å². The van der Waals surface area contributed by atoms with E-state index in [1.165, 1.54) is 0 Å². The van der Waals surface area contributed by atoms with Crippen LogP contribution in [0.4, 0.5) is 9.59 Å². The molecule has 0 saturated carbocycles. The quantitative estimate of drug-likeness (QED) is 0.616. The molecule has 0 aliphatic heterocycles. The summed E-state index contributed by atoms with van der Waals surface area (Å²) in [4.78, 5) is 22.3. The number of carbonyl (C=O) groups excluding carboxylic acids is 2. The van der Waals surface area contributed by atoms with Gasteiger partial charge in [0.1, 0.15) is 0 Å². The lowest BCUT2D eigenvalue weighted by Crippen LogP contribution is -2.55. The molecule has 0 unspecified atom stereocenters. The van der Waals surface area contributed by atoms with Gasteiger partial charge < -0.3 is 9.47 Å². The Labute approximate surface area is 114 Å². The predicted octanol–water partition coefficient (Wildman–Crippen LogP) is 2.17. The fourth-order valence-corrected chi connectivity index (χ4v) is 1.11. The van der Waals surface area contributed by atoms with Gasteiger partial charge in [0.15, 0.2) is 6.17 Å². The first-order chi connectivity index (χ1) is 7.81. The fourth-order valence-electron chi connectivity index (χ4n) is 0.781. The van der Waals surface area contributed by atoms with Crippen LogP contribution in [-0.4, -0.2) is 35.4 Å². The first-order valence-corrected chi connectivity index (χ1v) is 5.87. The van der Waals surface area contributed by atoms with Gasteiger partial charge in [-0.1, -0.05) is 34.8 Å². The van der Waals surface area contributed by atoms with Crippen molar-refractivity contribution in [1.29, 1.82) is 0 Å². The molecule has 0 radical (unpaired) electrons. The number of halogens is 3. The number of hydrogen-bond donors (Lipinski definition) is 2. The number of alkyl halides is 3. The summed E-state index contributed by atoms with van der Waals surface area (Å²) in [5.74, 6) is 0. The summed E-state index contributed by atoms with van der Waals surface area (Å²) in [6.07, 6.45) is -2.90. The number of ether oxygens (including phenoxy) is 2. The molecule has 17 heavy (non-hydrogen) atoms. The molecule has 0 bridgehead atoms. The third kappa shape index (κ3) is 7.36. The van der Waals surface area contributed by atoms with E-state index in [1.54, 1.807) is 13.8 Å². The van der Waals surface area contributed by atoms with Crippen LogP contribution < -0.4 is 10.6 Å². The van der Waals surface area contributed by atoms with Crippen LogP contribution in [0.25, 0.3) is 0 Å². The van der Waals surface area contributed by atoms with Crippen molar-refractivity contribution >= 4 is 47.0 Å². The summed E-state index contributed by atoms with van der Waals surface area (Å²) in [6.45, 7) is 3.53. The van der Waals surface area contributed by atoms with Crippen LogP contribution in [-0.2, 0) is 9.47 Å². The largest absolute Gasteiger partial charge is 0.450 e. The summed E-state index contributed by atoms with van der Waals surface area (Å²) in [5.41, 5.74) is 0. The molecule has 2 amide bonds. The van der Waals surface area contributed by atoms with Crippen molar-refractivity contribution in [3.8, 4) is 0 Å². The van der Waals surface area contributed by atoms with Crippen LogP contribution in [0.15, 0.2) is 0 Å². The Balaban J connectivity index is 4.45. The molecular formula is C8H13Cl3N2O4. The molecule has 0 aliphatic rings. The summed E-state index contributed by atoms with van der Waals surface area (Å²) < 4.78 is 7.25. The summed E-state index contributed by atoms with van der Waals surface area (Å²) >= 11 is 16.7. The molecule has 0 heterocycles. The highest BCUT2D eigenvalue weighted by Crippen LogP contribution is 2.29. The first-order valence-electron chi connectivity index (χ1n) is 4.74. The summed E-state index contributed by atoms with van der Waals surface area (Å²) in [6, 6.07) is 0. The number of carbonyl (C=O) groups is 2. The molecule has 100 valence electrons. The third-order valence-corrected chi connectivity index (χ3v) is 2.06. The first kappa shape index (κ1) is 16.4. The van der Waals surface area contributed by atoms with Gasteiger partial charge in [-0.2, -0.15) is 0 Å². The number of hydrogen-bond acceptors (Lipinski definition) is 4. The minimum atomic E-state index is -1.93. The van der Waals surface area contributed by atoms with E-state index in [2.05, 4.69) is 20.1 Å². The Morgan fingerprint density at radius 3 is 1.65 bits per heavy atom. The zero-order valence-corrected chi connectivity index (χ0v) is 11.5. The molecule has 0 saturated heterocycles. The van der Waals surface area contributed by atoms with Crippen molar-refractivity contribution in [2.24, 2.45) is 0 Å². The van der Waals surface area contributed by atoms with Crippen LogP contribution in [0, 0.1) is 0 Å². The average molecular weight is 308 g/mol. The predicted molar refractivity (Wildman–Crippen MR) is 64.4 cm³/mol. The van der Waals surface area contributed by atoms with Crippen molar-refractivity contribution in [3.05, 3.63) is 0 Å². The maximum Gasteiger partial charge on any atom is 0.408 e. The third-order valence-electron chi connectivity index (χ3n) is 1.40. The van der Waals surface area contributed by atoms with Gasteiger partial charge in [0.05, 0.1) is 13.2 Å². The van der Waals surface area contributed by atoms with Gasteiger partial charge in [0, 0.05) is 0 Å². The van der Waals surface area contributed by atoms with Crippen LogP contribution in [0.2, 0.25) is 0 Å². The number of nitrogens with one attached hydrogen (secondary N) is 2. The lowest BCUT2D eigenvalue weighted by Gasteiger charge is -2.25. The monoisotopic (exact) mass is 306 g/mol. The van der Waals surface area contributed by atoms with Crippen molar-refractivity contribution < 1.29 is 19.1 Å². The van der Waals surface area contributed by atoms with Gasteiger partial charge in [-0.05, 0) is 13.8 Å². The molecule has 0 rings (SSSR count). The molecule has 0 aliphatic carbocycles. The van der Waals surface area contributed by atoms with E-state index in [0.29, 0.717) is 0 Å². The van der Waals surface area contributed by atoms with Gasteiger partial charge in [-0.25, -0.2) is 9.59 Å². The lowest BCUT2D eigenvalue weighted by molar-refractivity contribution is 0.135. The van der Waals surface area contributed by atoms with E-state index >= 15 is 0 Å². The maximum absolute atomic E-state index is 11.1. The van der Waals surface area contributed by atoms with E-state index in [4.69, 9.17) is 34.8 Å². The Morgan fingerprint density at radius 1 is 1.06 bits per heavy atom. The zero-order chi connectivity index (χ0) is 13.5. The normalized spacial score (nSPS) is 10.9. The molecule has 2 N–H and O–H groups in total. The van der Waals surface area contributed by atoms with E-state index in [9.17, 15) is 9.59 Å². The molecular weight excluding hydrogens is 294 g/mol. The Bertz CT molecular complexity index is 250. The second-order valence-corrected chi connectivity index (χ2v) is 5.07. The van der Waals surface area contributed by atoms with Crippen molar-refractivity contribution in [2.45, 2.75) is 23.8 Å². The summed E-state index contributed by atoms with van der Waals surface area (Å²) in [5, 5.41) is 4.36. The number of rotatable bonds is 4. The van der Waals surface area contributed by atoms with Crippen LogP contribution in [0.5, 0.6) is 0 Å². The molecule has 6 nitrogen and oxygen atoms in total. The van der Waals surface area contributed by atoms with E-state index in [0.717, 1.165) is 0 Å². The van der Waals surface area contributed by atoms with Gasteiger partial charge in [0.2, 0.25) is 3.79 Å². The van der Waals surface area contributed by atoms with Gasteiger partial charge >= 0.3 is 12.2 Å². The average Bonchev–Trinajstić information content (AvgIpc) is 2.16. The van der Waals surface area contributed by atoms with E-state index in [-0.39, 0.29) is 13.2 Å². The van der Waals surface area contributed by atoms with Crippen molar-refractivity contribution in [1.82, 2.24) is 10.6 Å². The van der Waals surface area contributed by atoms with Crippen molar-refractivity contribution in [3.63, 3.8) is 0 Å². The minimum absolute atomic E-state index is 0.151. The highest BCUT2D eigenvalue weighted by molar-refractivity contribution is 6.68. The minimum Gasteiger partial charge on any atom is -0.450 e. The fraction of sp³-hybridized carbons (Fsp3) is 0.750. The maximum atomic E-state index is 11.1. The standard InChI is InChI=1S/C8H13Cl3N2O4/c1-3-16-6(14)12-5(8(9,10)11)13-7(15)17-4-2/h5H,3-4H2,1-2H3,(H,12,14)(H,13,15).